The van der Waals surface area contributed by atoms with E-state index in [1.807, 2.05) is 12.1 Å². The summed E-state index contributed by atoms with van der Waals surface area (Å²) in [5, 5.41) is 9.71. The van der Waals surface area contributed by atoms with Crippen molar-refractivity contribution in [3.05, 3.63) is 82.2 Å². The standard InChI is InChI=1S/C28H27ClFN5O4/c29-19-5-4-18(21(30)12-19)16-39-26-3-1-2-22(31-26)17-6-9-34(10-7-17)15-25-33-27-24(13-23(32-27)28(36)37)35(25)14-20-8-11-38-20/h1-6,12-13,20,32H,7-11,14-16H2,(H,36,37). The number of imidazole rings is 1. The Morgan fingerprint density at radius 3 is 2.85 bits per heavy atom. The van der Waals surface area contributed by atoms with Crippen LogP contribution >= 0.6 is 11.6 Å². The number of aromatic carboxylic acids is 1. The number of carbonyl (C=O) groups is 1. The zero-order valence-electron chi connectivity index (χ0n) is 21.1. The first-order valence-corrected chi connectivity index (χ1v) is 13.2. The Labute approximate surface area is 228 Å². The number of nitrogens with one attached hydrogen (secondary N) is 1. The summed E-state index contributed by atoms with van der Waals surface area (Å²) in [6.45, 7) is 3.63. The average molecular weight is 552 g/mol. The summed E-state index contributed by atoms with van der Waals surface area (Å²) in [5.41, 5.74) is 3.86. The highest BCUT2D eigenvalue weighted by atomic mass is 35.5. The van der Waals surface area contributed by atoms with Crippen LogP contribution in [-0.2, 0) is 24.4 Å². The van der Waals surface area contributed by atoms with Crippen LogP contribution in [0.5, 0.6) is 5.88 Å². The van der Waals surface area contributed by atoms with Crippen molar-refractivity contribution in [1.29, 1.82) is 0 Å². The van der Waals surface area contributed by atoms with Gasteiger partial charge in [-0.15, -0.1) is 0 Å². The van der Waals surface area contributed by atoms with Gasteiger partial charge in [-0.2, -0.15) is 0 Å². The molecule has 202 valence electrons. The Bertz CT molecular complexity index is 1560. The zero-order chi connectivity index (χ0) is 26.9. The van der Waals surface area contributed by atoms with Gasteiger partial charge in [-0.05, 0) is 42.7 Å². The minimum absolute atomic E-state index is 0.0623. The first kappa shape index (κ1) is 25.5. The number of fused-ring (bicyclic) bond motifs is 1. The van der Waals surface area contributed by atoms with Crippen molar-refractivity contribution in [2.75, 3.05) is 19.7 Å². The molecule has 3 aromatic heterocycles. The highest BCUT2D eigenvalue weighted by Gasteiger charge is 2.25. The summed E-state index contributed by atoms with van der Waals surface area (Å²) >= 11 is 5.83. The summed E-state index contributed by atoms with van der Waals surface area (Å²) in [6, 6.07) is 11.7. The molecule has 5 heterocycles. The lowest BCUT2D eigenvalue weighted by molar-refractivity contribution is -0.0591. The molecule has 1 unspecified atom stereocenters. The highest BCUT2D eigenvalue weighted by Crippen LogP contribution is 2.26. The number of aromatic amines is 1. The Hall–Kier alpha value is -3.73. The number of aromatic nitrogens is 4. The molecule has 1 saturated heterocycles. The van der Waals surface area contributed by atoms with Gasteiger partial charge in [0.05, 0.1) is 30.4 Å². The largest absolute Gasteiger partial charge is 0.477 e. The van der Waals surface area contributed by atoms with Gasteiger partial charge in [0, 0.05) is 36.3 Å². The van der Waals surface area contributed by atoms with E-state index in [0.29, 0.717) is 35.2 Å². The smallest absolute Gasteiger partial charge is 0.352 e. The fraction of sp³-hybridized carbons (Fsp3) is 0.321. The molecule has 9 nitrogen and oxygen atoms in total. The molecule has 2 aliphatic rings. The highest BCUT2D eigenvalue weighted by molar-refractivity contribution is 6.30. The van der Waals surface area contributed by atoms with Gasteiger partial charge in [-0.3, -0.25) is 4.90 Å². The maximum atomic E-state index is 14.1. The van der Waals surface area contributed by atoms with Gasteiger partial charge in [-0.1, -0.05) is 29.8 Å². The molecule has 6 rings (SSSR count). The number of nitrogens with zero attached hydrogens (tertiary/aromatic N) is 4. The monoisotopic (exact) mass is 551 g/mol. The van der Waals surface area contributed by atoms with Crippen LogP contribution in [0, 0.1) is 5.82 Å². The van der Waals surface area contributed by atoms with Crippen molar-refractivity contribution in [3.63, 3.8) is 0 Å². The Kier molecular flexibility index (Phi) is 7.07. The summed E-state index contributed by atoms with van der Waals surface area (Å²) in [6.07, 6.45) is 4.06. The van der Waals surface area contributed by atoms with Crippen molar-refractivity contribution in [2.45, 2.75) is 38.6 Å². The van der Waals surface area contributed by atoms with Crippen LogP contribution in [0.3, 0.4) is 0 Å². The van der Waals surface area contributed by atoms with Crippen LogP contribution in [0.15, 0.2) is 48.5 Å². The number of rotatable bonds is 9. The molecule has 1 atom stereocenters. The summed E-state index contributed by atoms with van der Waals surface area (Å²) in [7, 11) is 0. The Balaban J connectivity index is 1.13. The van der Waals surface area contributed by atoms with Gasteiger partial charge in [0.2, 0.25) is 5.88 Å². The van der Waals surface area contributed by atoms with Crippen molar-refractivity contribution in [3.8, 4) is 5.88 Å². The van der Waals surface area contributed by atoms with Gasteiger partial charge in [0.1, 0.15) is 23.9 Å². The van der Waals surface area contributed by atoms with E-state index in [1.54, 1.807) is 24.3 Å². The maximum Gasteiger partial charge on any atom is 0.352 e. The number of carboxylic acids is 1. The first-order valence-electron chi connectivity index (χ1n) is 12.8. The lowest BCUT2D eigenvalue weighted by Crippen LogP contribution is -2.33. The molecule has 0 amide bonds. The molecule has 0 bridgehead atoms. The van der Waals surface area contributed by atoms with Crippen LogP contribution in [0.4, 0.5) is 4.39 Å². The second-order valence-electron chi connectivity index (χ2n) is 9.74. The molecular formula is C28H27ClFN5O4. The molecule has 0 spiro atoms. The fourth-order valence-electron chi connectivity index (χ4n) is 4.88. The van der Waals surface area contributed by atoms with Crippen molar-refractivity contribution in [1.82, 2.24) is 24.4 Å². The van der Waals surface area contributed by atoms with Crippen LogP contribution in [0.2, 0.25) is 5.02 Å². The van der Waals surface area contributed by atoms with E-state index in [4.69, 9.17) is 26.1 Å². The minimum atomic E-state index is -1.00. The maximum absolute atomic E-state index is 14.1. The molecule has 2 aliphatic heterocycles. The Morgan fingerprint density at radius 2 is 2.13 bits per heavy atom. The lowest BCUT2D eigenvalue weighted by atomic mass is 10.0. The number of carboxylic acid groups (broad SMARTS) is 1. The molecule has 1 fully saturated rings. The topological polar surface area (TPSA) is 106 Å². The van der Waals surface area contributed by atoms with Crippen LogP contribution in [-0.4, -0.2) is 61.3 Å². The SMILES string of the molecule is O=C(O)c1cc2c(nc(CN3CC=C(c4cccc(OCc5ccc(Cl)cc5F)n4)CC3)n2CC2CCO2)[nH]1. The zero-order valence-corrected chi connectivity index (χ0v) is 21.8. The number of benzene rings is 1. The lowest BCUT2D eigenvalue weighted by Gasteiger charge is -2.29. The van der Waals surface area contributed by atoms with Crippen LogP contribution in [0.1, 0.15) is 40.4 Å². The summed E-state index contributed by atoms with van der Waals surface area (Å²) < 4.78 is 27.5. The third-order valence-electron chi connectivity index (χ3n) is 7.13. The molecule has 0 radical (unpaired) electrons. The first-order chi connectivity index (χ1) is 18.9. The molecule has 0 aliphatic carbocycles. The molecule has 2 N–H and O–H groups in total. The van der Waals surface area contributed by atoms with Crippen molar-refractivity contribution >= 4 is 34.3 Å². The van der Waals surface area contributed by atoms with Gasteiger partial charge in [0.15, 0.2) is 5.65 Å². The second kappa shape index (κ2) is 10.8. The normalized spacial score (nSPS) is 17.7. The summed E-state index contributed by atoms with van der Waals surface area (Å²) in [5.74, 6) is -0.103. The molecule has 0 saturated carbocycles. The van der Waals surface area contributed by atoms with E-state index in [1.165, 1.54) is 6.07 Å². The van der Waals surface area contributed by atoms with E-state index in [2.05, 4.69) is 25.5 Å². The molecule has 4 aromatic rings. The Morgan fingerprint density at radius 1 is 1.26 bits per heavy atom. The number of hydrogen-bond donors (Lipinski definition) is 2. The minimum Gasteiger partial charge on any atom is -0.477 e. The number of hydrogen-bond acceptors (Lipinski definition) is 6. The third kappa shape index (κ3) is 5.54. The van der Waals surface area contributed by atoms with Gasteiger partial charge in [0.25, 0.3) is 0 Å². The van der Waals surface area contributed by atoms with Gasteiger partial charge >= 0.3 is 5.97 Å². The number of pyridine rings is 1. The van der Waals surface area contributed by atoms with E-state index in [0.717, 1.165) is 55.1 Å². The second-order valence-corrected chi connectivity index (χ2v) is 10.2. The fourth-order valence-corrected chi connectivity index (χ4v) is 5.03. The van der Waals surface area contributed by atoms with Crippen LogP contribution in [0.25, 0.3) is 16.7 Å². The van der Waals surface area contributed by atoms with Crippen molar-refractivity contribution < 1.29 is 23.8 Å². The molecule has 11 heteroatoms. The van der Waals surface area contributed by atoms with E-state index in [-0.39, 0.29) is 18.4 Å². The number of H-pyrrole nitrogens is 1. The number of halogens is 2. The van der Waals surface area contributed by atoms with Crippen molar-refractivity contribution in [2.24, 2.45) is 0 Å². The quantitative estimate of drug-likeness (QED) is 0.304. The predicted octanol–water partition coefficient (Wildman–Crippen LogP) is 4.91. The predicted molar refractivity (Wildman–Crippen MR) is 143 cm³/mol. The third-order valence-corrected chi connectivity index (χ3v) is 7.37. The molecular weight excluding hydrogens is 525 g/mol. The average Bonchev–Trinajstić information content (AvgIpc) is 3.45. The van der Waals surface area contributed by atoms with Crippen LogP contribution < -0.4 is 4.74 Å². The molecule has 39 heavy (non-hydrogen) atoms. The van der Waals surface area contributed by atoms with Gasteiger partial charge in [-0.25, -0.2) is 19.2 Å². The summed E-state index contributed by atoms with van der Waals surface area (Å²) in [4.78, 5) is 26.0. The number of ether oxygens (including phenoxy) is 2. The molecule has 1 aromatic carbocycles. The van der Waals surface area contributed by atoms with E-state index in [9.17, 15) is 14.3 Å². The van der Waals surface area contributed by atoms with E-state index >= 15 is 0 Å². The van der Waals surface area contributed by atoms with E-state index < -0.39 is 11.8 Å². The van der Waals surface area contributed by atoms with Gasteiger partial charge < -0.3 is 24.1 Å².